The van der Waals surface area contributed by atoms with Crippen LogP contribution in [0.4, 0.5) is 0 Å². The van der Waals surface area contributed by atoms with E-state index in [1.54, 1.807) is 12.5 Å². The summed E-state index contributed by atoms with van der Waals surface area (Å²) in [5, 5.41) is 7.67. The predicted molar refractivity (Wildman–Crippen MR) is 116 cm³/mol. The smallest absolute Gasteiger partial charge is 0.222 e. The number of para-hydroxylation sites is 2. The zero-order chi connectivity index (χ0) is 20.9. The van der Waals surface area contributed by atoms with Gasteiger partial charge in [0.2, 0.25) is 11.8 Å². The summed E-state index contributed by atoms with van der Waals surface area (Å²) in [6.45, 7) is 1.82. The summed E-state index contributed by atoms with van der Waals surface area (Å²) < 4.78 is 1.93. The lowest BCUT2D eigenvalue weighted by Gasteiger charge is -2.16. The highest BCUT2D eigenvalue weighted by molar-refractivity contribution is 7.10. The van der Waals surface area contributed by atoms with Gasteiger partial charge in [-0.15, -0.1) is 11.3 Å². The van der Waals surface area contributed by atoms with E-state index < -0.39 is 0 Å². The molecule has 0 bridgehead atoms. The van der Waals surface area contributed by atoms with Gasteiger partial charge in [0.25, 0.3) is 0 Å². The third-order valence-electron chi connectivity index (χ3n) is 4.65. The van der Waals surface area contributed by atoms with Crippen LogP contribution in [0.2, 0.25) is 0 Å². The molecule has 0 aliphatic carbocycles. The molecule has 0 radical (unpaired) electrons. The number of benzene rings is 1. The number of amides is 2. The molecule has 2 amide bonds. The van der Waals surface area contributed by atoms with Crippen molar-refractivity contribution in [2.45, 2.75) is 25.9 Å². The molecule has 1 aromatic carbocycles. The second-order valence-corrected chi connectivity index (χ2v) is 7.86. The highest BCUT2D eigenvalue weighted by Gasteiger charge is 2.18. The van der Waals surface area contributed by atoms with Crippen LogP contribution in [0.3, 0.4) is 0 Å². The third-order valence-corrected chi connectivity index (χ3v) is 5.64. The molecule has 0 fully saturated rings. The Kier molecular flexibility index (Phi) is 5.85. The van der Waals surface area contributed by atoms with Crippen LogP contribution < -0.4 is 10.6 Å². The topological polar surface area (TPSA) is 88.9 Å². The predicted octanol–water partition coefficient (Wildman–Crippen LogP) is 3.37. The Labute approximate surface area is 177 Å². The number of pyridine rings is 1. The van der Waals surface area contributed by atoms with Crippen molar-refractivity contribution < 1.29 is 9.59 Å². The summed E-state index contributed by atoms with van der Waals surface area (Å²) in [4.78, 5) is 33.7. The molecule has 1 atom stereocenters. The van der Waals surface area contributed by atoms with Crippen LogP contribution in [-0.4, -0.2) is 26.3 Å². The van der Waals surface area contributed by atoms with Crippen LogP contribution in [0.25, 0.3) is 16.9 Å². The van der Waals surface area contributed by atoms with Crippen LogP contribution >= 0.6 is 11.3 Å². The first-order valence-electron chi connectivity index (χ1n) is 9.55. The molecule has 3 heterocycles. The normalized spacial score (nSPS) is 11.9. The summed E-state index contributed by atoms with van der Waals surface area (Å²) >= 11 is 1.52. The number of nitrogens with zero attached hydrogens (tertiary/aromatic N) is 3. The monoisotopic (exact) mass is 419 g/mol. The van der Waals surface area contributed by atoms with Gasteiger partial charge >= 0.3 is 0 Å². The molecular weight excluding hydrogens is 398 g/mol. The lowest BCUT2D eigenvalue weighted by molar-refractivity contribution is -0.122. The minimum absolute atomic E-state index is 0.133. The van der Waals surface area contributed by atoms with Gasteiger partial charge < -0.3 is 10.6 Å². The van der Waals surface area contributed by atoms with Crippen molar-refractivity contribution in [3.8, 4) is 5.82 Å². The maximum atomic E-state index is 12.4. The summed E-state index contributed by atoms with van der Waals surface area (Å²) in [6, 6.07) is 15.2. The number of hydrogen-bond donors (Lipinski definition) is 2. The molecule has 4 rings (SSSR count). The SMILES string of the molecule is CC(=O)NC(CC(=O)NCc1ccc(-n2cnc3ccccc32)nc1)c1cccs1. The van der Waals surface area contributed by atoms with Gasteiger partial charge in [0, 0.05) is 24.5 Å². The maximum Gasteiger partial charge on any atom is 0.222 e. The number of carbonyl (C=O) groups is 2. The number of hydrogen-bond acceptors (Lipinski definition) is 5. The Bertz CT molecular complexity index is 1150. The van der Waals surface area contributed by atoms with E-state index in [9.17, 15) is 9.59 Å². The van der Waals surface area contributed by atoms with Crippen LogP contribution in [-0.2, 0) is 16.1 Å². The van der Waals surface area contributed by atoms with Crippen molar-refractivity contribution in [1.82, 2.24) is 25.2 Å². The van der Waals surface area contributed by atoms with E-state index in [2.05, 4.69) is 20.6 Å². The van der Waals surface area contributed by atoms with E-state index in [0.717, 1.165) is 27.3 Å². The van der Waals surface area contributed by atoms with Gasteiger partial charge in [-0.1, -0.05) is 24.3 Å². The fraction of sp³-hybridized carbons (Fsp3) is 0.182. The van der Waals surface area contributed by atoms with Crippen molar-refractivity contribution in [2.24, 2.45) is 0 Å². The van der Waals surface area contributed by atoms with Crippen molar-refractivity contribution in [1.29, 1.82) is 0 Å². The van der Waals surface area contributed by atoms with Crippen LogP contribution in [0, 0.1) is 0 Å². The number of aromatic nitrogens is 3. The van der Waals surface area contributed by atoms with Crippen LogP contribution in [0.15, 0.2) is 66.4 Å². The molecule has 7 nitrogen and oxygen atoms in total. The lowest BCUT2D eigenvalue weighted by atomic mass is 10.1. The molecule has 152 valence electrons. The first kappa shape index (κ1) is 19.8. The van der Waals surface area contributed by atoms with Gasteiger partial charge in [-0.25, -0.2) is 9.97 Å². The van der Waals surface area contributed by atoms with E-state index in [1.807, 2.05) is 58.5 Å². The van der Waals surface area contributed by atoms with E-state index in [-0.39, 0.29) is 24.3 Å². The minimum atomic E-state index is -0.322. The number of imidazole rings is 1. The van der Waals surface area contributed by atoms with Gasteiger partial charge in [-0.05, 0) is 35.2 Å². The average molecular weight is 420 g/mol. The molecule has 0 aliphatic rings. The Balaban J connectivity index is 1.38. The first-order valence-corrected chi connectivity index (χ1v) is 10.4. The van der Waals surface area contributed by atoms with Crippen molar-refractivity contribution >= 4 is 34.2 Å². The van der Waals surface area contributed by atoms with Gasteiger partial charge in [-0.3, -0.25) is 14.2 Å². The highest BCUT2D eigenvalue weighted by Crippen LogP contribution is 2.22. The number of carbonyl (C=O) groups excluding carboxylic acids is 2. The molecule has 3 aromatic heterocycles. The third kappa shape index (κ3) is 4.55. The second kappa shape index (κ2) is 8.87. The summed E-state index contributed by atoms with van der Waals surface area (Å²) in [5.41, 5.74) is 2.79. The largest absolute Gasteiger partial charge is 0.352 e. The van der Waals surface area contributed by atoms with Gasteiger partial charge in [0.05, 0.1) is 23.5 Å². The minimum Gasteiger partial charge on any atom is -0.352 e. The van der Waals surface area contributed by atoms with E-state index in [0.29, 0.717) is 6.54 Å². The second-order valence-electron chi connectivity index (χ2n) is 6.88. The zero-order valence-corrected chi connectivity index (χ0v) is 17.2. The summed E-state index contributed by atoms with van der Waals surface area (Å²) in [7, 11) is 0. The molecule has 1 unspecified atom stereocenters. The van der Waals surface area contributed by atoms with Crippen molar-refractivity contribution in [3.63, 3.8) is 0 Å². The molecule has 0 saturated carbocycles. The quantitative estimate of drug-likeness (QED) is 0.481. The molecular formula is C22H21N5O2S. The van der Waals surface area contributed by atoms with Crippen molar-refractivity contribution in [2.75, 3.05) is 0 Å². The van der Waals surface area contributed by atoms with E-state index >= 15 is 0 Å². The number of thiophene rings is 1. The Morgan fingerprint density at radius 1 is 1.10 bits per heavy atom. The molecule has 0 spiro atoms. The zero-order valence-electron chi connectivity index (χ0n) is 16.4. The van der Waals surface area contributed by atoms with E-state index in [1.165, 1.54) is 18.3 Å². The lowest BCUT2D eigenvalue weighted by Crippen LogP contribution is -2.32. The van der Waals surface area contributed by atoms with Gasteiger partial charge in [-0.2, -0.15) is 0 Å². The first-order chi connectivity index (χ1) is 14.6. The molecule has 0 saturated heterocycles. The average Bonchev–Trinajstić information content (AvgIpc) is 3.42. The summed E-state index contributed by atoms with van der Waals surface area (Å²) in [5.74, 6) is 0.474. The molecule has 8 heteroatoms. The maximum absolute atomic E-state index is 12.4. The van der Waals surface area contributed by atoms with Gasteiger partial charge in [0.15, 0.2) is 0 Å². The Morgan fingerprint density at radius 2 is 1.97 bits per heavy atom. The number of nitrogens with one attached hydrogen (secondary N) is 2. The van der Waals surface area contributed by atoms with Gasteiger partial charge in [0.1, 0.15) is 12.1 Å². The molecule has 30 heavy (non-hydrogen) atoms. The Hall–Kier alpha value is -3.52. The number of fused-ring (bicyclic) bond motifs is 1. The van der Waals surface area contributed by atoms with E-state index in [4.69, 9.17) is 0 Å². The molecule has 0 aliphatic heterocycles. The fourth-order valence-corrected chi connectivity index (χ4v) is 4.00. The standard InChI is InChI=1S/C22H21N5O2S/c1-15(28)26-18(20-7-4-10-30-20)11-22(29)24-13-16-8-9-21(23-12-16)27-14-25-17-5-2-3-6-19(17)27/h2-10,12,14,18H,11,13H2,1H3,(H,24,29)(H,26,28). The molecule has 2 N–H and O–H groups in total. The Morgan fingerprint density at radius 3 is 2.70 bits per heavy atom. The van der Waals surface area contributed by atoms with Crippen LogP contribution in [0.5, 0.6) is 0 Å². The van der Waals surface area contributed by atoms with Crippen molar-refractivity contribution in [3.05, 3.63) is 76.9 Å². The fourth-order valence-electron chi connectivity index (χ4n) is 3.22. The highest BCUT2D eigenvalue weighted by atomic mass is 32.1. The van der Waals surface area contributed by atoms with Crippen LogP contribution in [0.1, 0.15) is 29.8 Å². The molecule has 4 aromatic rings. The number of rotatable bonds is 7. The summed E-state index contributed by atoms with van der Waals surface area (Å²) in [6.07, 6.45) is 3.68.